The zero-order valence-electron chi connectivity index (χ0n) is 21.5. The van der Waals surface area contributed by atoms with Gasteiger partial charge < -0.3 is 15.0 Å². The van der Waals surface area contributed by atoms with E-state index in [9.17, 15) is 9.59 Å². The Hall–Kier alpha value is -4.27. The minimum atomic E-state index is -0.842. The van der Waals surface area contributed by atoms with Crippen molar-refractivity contribution in [2.75, 3.05) is 7.11 Å². The molecule has 1 atom stereocenters. The second kappa shape index (κ2) is 11.9. The Balaban J connectivity index is 1.51. The summed E-state index contributed by atoms with van der Waals surface area (Å²) >= 11 is 0. The van der Waals surface area contributed by atoms with E-state index in [1.54, 1.807) is 29.1 Å². The average Bonchev–Trinajstić information content (AvgIpc) is 3.36. The molecule has 9 nitrogen and oxygen atoms in total. The lowest BCUT2D eigenvalue weighted by atomic mass is 9.94. The van der Waals surface area contributed by atoms with Crippen molar-refractivity contribution in [1.82, 2.24) is 30.2 Å². The Morgan fingerprint density at radius 1 is 1.05 bits per heavy atom. The summed E-state index contributed by atoms with van der Waals surface area (Å²) in [4.78, 5) is 33.8. The molecule has 0 aliphatic heterocycles. The van der Waals surface area contributed by atoms with Crippen LogP contribution in [0, 0.1) is 0 Å². The second-order valence-corrected chi connectivity index (χ2v) is 9.64. The summed E-state index contributed by atoms with van der Waals surface area (Å²) in [5, 5.41) is 11.6. The predicted octanol–water partition coefficient (Wildman–Crippen LogP) is 4.05. The number of fused-ring (bicyclic) bond motifs is 1. The lowest BCUT2D eigenvalue weighted by Gasteiger charge is -2.33. The van der Waals surface area contributed by atoms with Crippen LogP contribution in [-0.4, -0.2) is 49.8 Å². The minimum Gasteiger partial charge on any atom is -0.497 e. The van der Waals surface area contributed by atoms with Crippen molar-refractivity contribution < 1.29 is 14.3 Å². The zero-order valence-corrected chi connectivity index (χ0v) is 21.5. The number of rotatable bonds is 9. The van der Waals surface area contributed by atoms with E-state index in [2.05, 4.69) is 20.6 Å². The van der Waals surface area contributed by atoms with Gasteiger partial charge in [0.05, 0.1) is 12.6 Å². The number of benzene rings is 2. The van der Waals surface area contributed by atoms with Crippen LogP contribution >= 0.6 is 0 Å². The molecule has 0 spiro atoms. The lowest BCUT2D eigenvalue weighted by molar-refractivity contribution is -0.142. The number of hydrogen-bond acceptors (Lipinski definition) is 6. The van der Waals surface area contributed by atoms with Gasteiger partial charge in [-0.2, -0.15) is 0 Å². The van der Waals surface area contributed by atoms with Crippen LogP contribution in [0.4, 0.5) is 0 Å². The van der Waals surface area contributed by atoms with E-state index >= 15 is 0 Å². The Morgan fingerprint density at radius 3 is 2.58 bits per heavy atom. The Morgan fingerprint density at radius 2 is 1.84 bits per heavy atom. The number of aromatic nitrogens is 4. The molecule has 1 unspecified atom stereocenters. The van der Waals surface area contributed by atoms with Gasteiger partial charge in [-0.05, 0) is 54.3 Å². The largest absolute Gasteiger partial charge is 0.497 e. The van der Waals surface area contributed by atoms with Gasteiger partial charge in [0.15, 0.2) is 0 Å². The first kappa shape index (κ1) is 25.4. The van der Waals surface area contributed by atoms with E-state index in [0.717, 1.165) is 36.8 Å². The number of ether oxygens (including phenoxy) is 1. The van der Waals surface area contributed by atoms with Crippen LogP contribution in [0.2, 0.25) is 0 Å². The normalized spacial score (nSPS) is 14.7. The SMILES string of the molecule is COc1ccc(C(C(=O)NC2CCCCC2)N(Cc2cccnc2)C(=O)Cn2nnc3ccccc32)cc1. The third-order valence-corrected chi connectivity index (χ3v) is 7.04. The highest BCUT2D eigenvalue weighted by atomic mass is 16.5. The smallest absolute Gasteiger partial charge is 0.247 e. The molecule has 1 fully saturated rings. The molecule has 0 radical (unpaired) electrons. The maximum absolute atomic E-state index is 14.0. The van der Waals surface area contributed by atoms with Gasteiger partial charge >= 0.3 is 0 Å². The Bertz CT molecular complexity index is 1370. The predicted molar refractivity (Wildman–Crippen MR) is 143 cm³/mol. The highest BCUT2D eigenvalue weighted by Gasteiger charge is 2.33. The molecule has 38 heavy (non-hydrogen) atoms. The maximum atomic E-state index is 14.0. The number of carbonyl (C=O) groups is 2. The van der Waals surface area contributed by atoms with Crippen LogP contribution in [-0.2, 0) is 22.7 Å². The molecule has 2 aromatic carbocycles. The van der Waals surface area contributed by atoms with Gasteiger partial charge in [-0.25, -0.2) is 4.68 Å². The summed E-state index contributed by atoms with van der Waals surface area (Å²) in [5.41, 5.74) is 3.00. The van der Waals surface area contributed by atoms with Gasteiger partial charge in [0.1, 0.15) is 23.9 Å². The fourth-order valence-electron chi connectivity index (χ4n) is 5.05. The van der Waals surface area contributed by atoms with E-state index in [1.165, 1.54) is 6.42 Å². The maximum Gasteiger partial charge on any atom is 0.247 e. The fourth-order valence-corrected chi connectivity index (χ4v) is 5.05. The van der Waals surface area contributed by atoms with Crippen LogP contribution in [0.5, 0.6) is 5.75 Å². The molecular formula is C29H32N6O3. The van der Waals surface area contributed by atoms with E-state index in [4.69, 9.17) is 4.74 Å². The highest BCUT2D eigenvalue weighted by Crippen LogP contribution is 2.28. The van der Waals surface area contributed by atoms with Gasteiger partial charge in [0, 0.05) is 25.0 Å². The number of nitrogens with one attached hydrogen (secondary N) is 1. The van der Waals surface area contributed by atoms with Gasteiger partial charge in [-0.1, -0.05) is 54.8 Å². The molecule has 1 aliphatic carbocycles. The molecule has 5 rings (SSSR count). The first-order chi connectivity index (χ1) is 18.6. The van der Waals surface area contributed by atoms with Crippen LogP contribution in [0.3, 0.4) is 0 Å². The van der Waals surface area contributed by atoms with Crippen molar-refractivity contribution in [2.24, 2.45) is 0 Å². The van der Waals surface area contributed by atoms with E-state index in [0.29, 0.717) is 16.8 Å². The summed E-state index contributed by atoms with van der Waals surface area (Å²) < 4.78 is 6.92. The standard InChI is InChI=1S/C29H32N6O3/c1-38-24-15-13-22(14-16-24)28(29(37)31-23-9-3-2-4-10-23)34(19-21-8-7-17-30-18-21)27(36)20-35-26-12-6-5-11-25(26)32-33-35/h5-8,11-18,23,28H,2-4,9-10,19-20H2,1H3,(H,31,37). The molecule has 2 heterocycles. The monoisotopic (exact) mass is 512 g/mol. The lowest BCUT2D eigenvalue weighted by Crippen LogP contribution is -2.47. The van der Waals surface area contributed by atoms with Crippen molar-refractivity contribution in [1.29, 1.82) is 0 Å². The van der Waals surface area contributed by atoms with Crippen LogP contribution in [0.15, 0.2) is 73.1 Å². The van der Waals surface area contributed by atoms with Gasteiger partial charge in [-0.3, -0.25) is 14.6 Å². The molecule has 0 saturated heterocycles. The molecular weight excluding hydrogens is 480 g/mol. The first-order valence-corrected chi connectivity index (χ1v) is 13.0. The van der Waals surface area contributed by atoms with E-state index in [-0.39, 0.29) is 30.9 Å². The second-order valence-electron chi connectivity index (χ2n) is 9.64. The van der Waals surface area contributed by atoms with Crippen molar-refractivity contribution in [3.8, 4) is 5.75 Å². The molecule has 2 amide bonds. The first-order valence-electron chi connectivity index (χ1n) is 13.0. The third kappa shape index (κ3) is 5.82. The number of nitrogens with zero attached hydrogens (tertiary/aromatic N) is 5. The minimum absolute atomic E-state index is 0.0514. The number of carbonyl (C=O) groups excluding carboxylic acids is 2. The number of hydrogen-bond donors (Lipinski definition) is 1. The number of amides is 2. The molecule has 9 heteroatoms. The van der Waals surface area contributed by atoms with Gasteiger partial charge in [0.25, 0.3) is 0 Å². The third-order valence-electron chi connectivity index (χ3n) is 7.04. The van der Waals surface area contributed by atoms with Crippen LogP contribution in [0.1, 0.15) is 49.3 Å². The number of para-hydroxylation sites is 1. The van der Waals surface area contributed by atoms with Crippen molar-refractivity contribution in [2.45, 2.75) is 57.3 Å². The summed E-state index contributed by atoms with van der Waals surface area (Å²) in [5.74, 6) is 0.242. The summed E-state index contributed by atoms with van der Waals surface area (Å²) in [6.45, 7) is 0.165. The molecule has 4 aromatic rings. The van der Waals surface area contributed by atoms with E-state index in [1.807, 2.05) is 60.7 Å². The molecule has 196 valence electrons. The highest BCUT2D eigenvalue weighted by molar-refractivity contribution is 5.89. The van der Waals surface area contributed by atoms with Gasteiger partial charge in [0.2, 0.25) is 11.8 Å². The molecule has 1 N–H and O–H groups in total. The van der Waals surface area contributed by atoms with Crippen LogP contribution < -0.4 is 10.1 Å². The van der Waals surface area contributed by atoms with Gasteiger partial charge in [-0.15, -0.1) is 5.10 Å². The average molecular weight is 513 g/mol. The molecule has 2 aromatic heterocycles. The van der Waals surface area contributed by atoms with Crippen LogP contribution in [0.25, 0.3) is 11.0 Å². The summed E-state index contributed by atoms with van der Waals surface area (Å²) in [7, 11) is 1.60. The summed E-state index contributed by atoms with van der Waals surface area (Å²) in [6, 6.07) is 17.8. The van der Waals surface area contributed by atoms with Crippen molar-refractivity contribution in [3.63, 3.8) is 0 Å². The Kier molecular flexibility index (Phi) is 7.92. The van der Waals surface area contributed by atoms with Crippen molar-refractivity contribution >= 4 is 22.8 Å². The number of pyridine rings is 1. The molecule has 0 bridgehead atoms. The quantitative estimate of drug-likeness (QED) is 0.363. The van der Waals surface area contributed by atoms with Crippen molar-refractivity contribution in [3.05, 3.63) is 84.2 Å². The topological polar surface area (TPSA) is 102 Å². The summed E-state index contributed by atoms with van der Waals surface area (Å²) in [6.07, 6.45) is 8.67. The zero-order chi connectivity index (χ0) is 26.3. The fraction of sp³-hybridized carbons (Fsp3) is 0.345. The van der Waals surface area contributed by atoms with E-state index < -0.39 is 6.04 Å². The molecule has 1 saturated carbocycles. The number of methoxy groups -OCH3 is 1. The Labute approximate surface area is 221 Å². The molecule has 1 aliphatic rings.